The molecular weight excluding hydrogens is 328 g/mol. The Bertz CT molecular complexity index is 902. The second-order valence-corrected chi connectivity index (χ2v) is 6.49. The maximum absolute atomic E-state index is 10.8. The first-order valence-electron chi connectivity index (χ1n) is 8.48. The number of aryl methyl sites for hydroxylation is 1. The average Bonchev–Trinajstić information content (AvgIpc) is 2.91. The Morgan fingerprint density at radius 1 is 1.04 bits per heavy atom. The molecule has 134 valence electrons. The first kappa shape index (κ1) is 17.8. The van der Waals surface area contributed by atoms with Gasteiger partial charge in [-0.2, -0.15) is 5.10 Å². The smallest absolute Gasteiger partial charge is 0.269 e. The van der Waals surface area contributed by atoms with E-state index >= 15 is 0 Å². The van der Waals surface area contributed by atoms with Gasteiger partial charge in [-0.3, -0.25) is 15.0 Å². The Morgan fingerprint density at radius 2 is 1.69 bits per heavy atom. The van der Waals surface area contributed by atoms with Crippen molar-refractivity contribution in [3.8, 4) is 5.69 Å². The molecule has 0 radical (unpaired) electrons. The van der Waals surface area contributed by atoms with E-state index in [9.17, 15) is 10.1 Å². The second kappa shape index (κ2) is 7.49. The standard InChI is InChI=1S/C20H22N4O2/c1-15-20(16(2)23(21-15)18-7-5-4-6-8-18)14-22(3)13-17-9-11-19(12-10-17)24(25)26/h4-12H,13-14H2,1-3H3. The molecule has 0 N–H and O–H groups in total. The maximum atomic E-state index is 10.8. The summed E-state index contributed by atoms with van der Waals surface area (Å²) in [5, 5.41) is 15.4. The first-order valence-corrected chi connectivity index (χ1v) is 8.48. The lowest BCUT2D eigenvalue weighted by Crippen LogP contribution is -2.18. The normalized spacial score (nSPS) is 11.1. The van der Waals surface area contributed by atoms with Crippen LogP contribution >= 0.6 is 0 Å². The first-order chi connectivity index (χ1) is 12.5. The molecular formula is C20H22N4O2. The van der Waals surface area contributed by atoms with Crippen molar-refractivity contribution in [3.05, 3.63) is 87.2 Å². The minimum atomic E-state index is -0.377. The predicted octanol–water partition coefficient (Wildman–Crippen LogP) is 4.03. The monoisotopic (exact) mass is 350 g/mol. The molecule has 0 aliphatic rings. The molecule has 0 bridgehead atoms. The number of hydrogen-bond donors (Lipinski definition) is 0. The lowest BCUT2D eigenvalue weighted by molar-refractivity contribution is -0.384. The zero-order valence-corrected chi connectivity index (χ0v) is 15.2. The van der Waals surface area contributed by atoms with Gasteiger partial charge in [0.05, 0.1) is 16.3 Å². The molecule has 0 aliphatic heterocycles. The summed E-state index contributed by atoms with van der Waals surface area (Å²) < 4.78 is 1.98. The second-order valence-electron chi connectivity index (χ2n) is 6.49. The molecule has 3 aromatic rings. The summed E-state index contributed by atoms with van der Waals surface area (Å²) in [6.45, 7) is 5.60. The third-order valence-electron chi connectivity index (χ3n) is 4.47. The third-order valence-corrected chi connectivity index (χ3v) is 4.47. The van der Waals surface area contributed by atoms with Crippen molar-refractivity contribution in [1.29, 1.82) is 0 Å². The van der Waals surface area contributed by atoms with Crippen LogP contribution in [0.15, 0.2) is 54.6 Å². The third kappa shape index (κ3) is 3.81. The summed E-state index contributed by atoms with van der Waals surface area (Å²) in [5.41, 5.74) is 5.57. The van der Waals surface area contributed by atoms with E-state index in [2.05, 4.69) is 16.9 Å². The zero-order valence-electron chi connectivity index (χ0n) is 15.2. The van der Waals surface area contributed by atoms with Gasteiger partial charge in [-0.15, -0.1) is 0 Å². The number of aromatic nitrogens is 2. The molecule has 0 aliphatic carbocycles. The van der Waals surface area contributed by atoms with E-state index in [1.54, 1.807) is 12.1 Å². The largest absolute Gasteiger partial charge is 0.298 e. The summed E-state index contributed by atoms with van der Waals surface area (Å²) in [6.07, 6.45) is 0. The summed E-state index contributed by atoms with van der Waals surface area (Å²) in [7, 11) is 2.04. The van der Waals surface area contributed by atoms with Crippen LogP contribution in [0.2, 0.25) is 0 Å². The van der Waals surface area contributed by atoms with Crippen LogP contribution in [-0.4, -0.2) is 26.7 Å². The fourth-order valence-corrected chi connectivity index (χ4v) is 3.08. The topological polar surface area (TPSA) is 64.2 Å². The van der Waals surface area contributed by atoms with Gasteiger partial charge >= 0.3 is 0 Å². The minimum absolute atomic E-state index is 0.118. The minimum Gasteiger partial charge on any atom is -0.298 e. The summed E-state index contributed by atoms with van der Waals surface area (Å²) in [6, 6.07) is 16.8. The lowest BCUT2D eigenvalue weighted by Gasteiger charge is -2.17. The molecule has 0 spiro atoms. The van der Waals surface area contributed by atoms with Crippen molar-refractivity contribution in [2.24, 2.45) is 0 Å². The van der Waals surface area contributed by atoms with Crippen molar-refractivity contribution >= 4 is 5.69 Å². The summed E-state index contributed by atoms with van der Waals surface area (Å²) in [4.78, 5) is 12.6. The molecule has 26 heavy (non-hydrogen) atoms. The van der Waals surface area contributed by atoms with Crippen molar-refractivity contribution < 1.29 is 4.92 Å². The number of nitro benzene ring substituents is 1. The van der Waals surface area contributed by atoms with Gasteiger partial charge in [0, 0.05) is 36.5 Å². The van der Waals surface area contributed by atoms with E-state index in [0.717, 1.165) is 29.2 Å². The van der Waals surface area contributed by atoms with Crippen LogP contribution in [-0.2, 0) is 13.1 Å². The van der Waals surface area contributed by atoms with Gasteiger partial charge in [-0.1, -0.05) is 30.3 Å². The Morgan fingerprint density at radius 3 is 2.31 bits per heavy atom. The molecule has 0 amide bonds. The van der Waals surface area contributed by atoms with Crippen molar-refractivity contribution in [3.63, 3.8) is 0 Å². The Balaban J connectivity index is 1.74. The van der Waals surface area contributed by atoms with E-state index < -0.39 is 0 Å². The van der Waals surface area contributed by atoms with E-state index in [0.29, 0.717) is 6.54 Å². The van der Waals surface area contributed by atoms with E-state index in [1.807, 2.05) is 61.1 Å². The van der Waals surface area contributed by atoms with Crippen LogP contribution in [0.25, 0.3) is 5.69 Å². The highest BCUT2D eigenvalue weighted by Gasteiger charge is 2.15. The van der Waals surface area contributed by atoms with Crippen LogP contribution in [0.1, 0.15) is 22.5 Å². The van der Waals surface area contributed by atoms with Crippen LogP contribution in [0.3, 0.4) is 0 Å². The number of benzene rings is 2. The number of nitro groups is 1. The van der Waals surface area contributed by atoms with E-state index in [1.165, 1.54) is 5.56 Å². The van der Waals surface area contributed by atoms with Gasteiger partial charge in [0.25, 0.3) is 5.69 Å². The predicted molar refractivity (Wildman–Crippen MR) is 101 cm³/mol. The summed E-state index contributed by atoms with van der Waals surface area (Å²) in [5.74, 6) is 0. The molecule has 0 atom stereocenters. The Hall–Kier alpha value is -2.99. The van der Waals surface area contributed by atoms with Gasteiger partial charge in [0.2, 0.25) is 0 Å². The number of rotatable bonds is 6. The molecule has 0 fully saturated rings. The fraction of sp³-hybridized carbons (Fsp3) is 0.250. The maximum Gasteiger partial charge on any atom is 0.269 e. The molecule has 1 heterocycles. The quantitative estimate of drug-likeness (QED) is 0.497. The molecule has 2 aromatic carbocycles. The molecule has 6 nitrogen and oxygen atoms in total. The highest BCUT2D eigenvalue weighted by Crippen LogP contribution is 2.20. The molecule has 0 saturated carbocycles. The van der Waals surface area contributed by atoms with Gasteiger partial charge in [-0.25, -0.2) is 4.68 Å². The Kier molecular flexibility index (Phi) is 5.14. The van der Waals surface area contributed by atoms with Crippen LogP contribution in [0, 0.1) is 24.0 Å². The SMILES string of the molecule is Cc1nn(-c2ccccc2)c(C)c1CN(C)Cc1ccc([N+](=O)[O-])cc1. The zero-order chi connectivity index (χ0) is 18.7. The number of para-hydroxylation sites is 1. The molecule has 0 saturated heterocycles. The van der Waals surface area contributed by atoms with E-state index in [4.69, 9.17) is 0 Å². The molecule has 0 unspecified atom stereocenters. The Labute approximate surface area is 152 Å². The fourth-order valence-electron chi connectivity index (χ4n) is 3.08. The number of nitrogens with zero attached hydrogens (tertiary/aromatic N) is 4. The summed E-state index contributed by atoms with van der Waals surface area (Å²) >= 11 is 0. The highest BCUT2D eigenvalue weighted by molar-refractivity contribution is 5.37. The lowest BCUT2D eigenvalue weighted by atomic mass is 10.1. The van der Waals surface area contributed by atoms with Crippen LogP contribution in [0.5, 0.6) is 0 Å². The van der Waals surface area contributed by atoms with Crippen molar-refractivity contribution in [2.45, 2.75) is 26.9 Å². The van der Waals surface area contributed by atoms with Crippen LogP contribution < -0.4 is 0 Å². The van der Waals surface area contributed by atoms with Crippen LogP contribution in [0.4, 0.5) is 5.69 Å². The van der Waals surface area contributed by atoms with Crippen molar-refractivity contribution in [2.75, 3.05) is 7.05 Å². The molecule has 6 heteroatoms. The average molecular weight is 350 g/mol. The van der Waals surface area contributed by atoms with Gasteiger partial charge in [-0.05, 0) is 38.6 Å². The van der Waals surface area contributed by atoms with Crippen molar-refractivity contribution in [1.82, 2.24) is 14.7 Å². The van der Waals surface area contributed by atoms with Gasteiger partial charge in [0.1, 0.15) is 0 Å². The highest BCUT2D eigenvalue weighted by atomic mass is 16.6. The van der Waals surface area contributed by atoms with Gasteiger partial charge < -0.3 is 0 Å². The molecule has 1 aromatic heterocycles. The number of non-ortho nitro benzene ring substituents is 1. The van der Waals surface area contributed by atoms with E-state index in [-0.39, 0.29) is 10.6 Å². The van der Waals surface area contributed by atoms with Gasteiger partial charge in [0.15, 0.2) is 0 Å². The number of hydrogen-bond acceptors (Lipinski definition) is 4. The molecule has 3 rings (SSSR count).